The third-order valence-electron chi connectivity index (χ3n) is 1.74. The molecular formula is C11H10BrFO2. The van der Waals surface area contributed by atoms with Gasteiger partial charge in [0.15, 0.2) is 0 Å². The van der Waals surface area contributed by atoms with Crippen LogP contribution in [0.2, 0.25) is 0 Å². The smallest absolute Gasteiger partial charge is 0.341 e. The number of carbonyl (C=O) groups is 1. The first-order valence-corrected chi connectivity index (χ1v) is 5.43. The molecule has 0 heterocycles. The van der Waals surface area contributed by atoms with Crippen LogP contribution in [0, 0.1) is 5.82 Å². The Bertz CT molecular complexity index is 377. The molecule has 0 aliphatic carbocycles. The zero-order valence-electron chi connectivity index (χ0n) is 8.00. The van der Waals surface area contributed by atoms with E-state index in [4.69, 9.17) is 4.74 Å². The molecule has 0 N–H and O–H groups in total. The molecule has 0 unspecified atom stereocenters. The van der Waals surface area contributed by atoms with Gasteiger partial charge in [-0.2, -0.15) is 0 Å². The van der Waals surface area contributed by atoms with Crippen molar-refractivity contribution in [2.45, 2.75) is 5.33 Å². The van der Waals surface area contributed by atoms with E-state index in [2.05, 4.69) is 22.5 Å². The van der Waals surface area contributed by atoms with Crippen LogP contribution < -0.4 is 0 Å². The lowest BCUT2D eigenvalue weighted by molar-refractivity contribution is 0.0544. The minimum absolute atomic E-state index is 0.0474. The molecule has 0 aliphatic heterocycles. The Kier molecular flexibility index (Phi) is 4.49. The van der Waals surface area contributed by atoms with Crippen molar-refractivity contribution in [1.82, 2.24) is 0 Å². The molecule has 15 heavy (non-hydrogen) atoms. The number of carbonyl (C=O) groups excluding carboxylic acids is 1. The molecular weight excluding hydrogens is 263 g/mol. The minimum atomic E-state index is -0.671. The first-order chi connectivity index (χ1) is 7.19. The van der Waals surface area contributed by atoms with Crippen LogP contribution in [0.5, 0.6) is 0 Å². The summed E-state index contributed by atoms with van der Waals surface area (Å²) < 4.78 is 18.0. The highest BCUT2D eigenvalue weighted by atomic mass is 79.9. The first kappa shape index (κ1) is 11.9. The number of alkyl halides is 1. The Morgan fingerprint density at radius 3 is 2.93 bits per heavy atom. The van der Waals surface area contributed by atoms with Crippen LogP contribution in [0.3, 0.4) is 0 Å². The van der Waals surface area contributed by atoms with Crippen LogP contribution in [0.15, 0.2) is 30.9 Å². The van der Waals surface area contributed by atoms with E-state index in [0.29, 0.717) is 5.33 Å². The van der Waals surface area contributed by atoms with Crippen LogP contribution >= 0.6 is 15.9 Å². The van der Waals surface area contributed by atoms with Gasteiger partial charge >= 0.3 is 5.97 Å². The molecule has 0 bridgehead atoms. The van der Waals surface area contributed by atoms with Gasteiger partial charge in [-0.3, -0.25) is 0 Å². The van der Waals surface area contributed by atoms with Gasteiger partial charge in [0.05, 0.1) is 5.56 Å². The van der Waals surface area contributed by atoms with Crippen molar-refractivity contribution >= 4 is 21.9 Å². The minimum Gasteiger partial charge on any atom is -0.458 e. The summed E-state index contributed by atoms with van der Waals surface area (Å²) in [7, 11) is 0. The number of ether oxygens (including phenoxy) is 1. The summed E-state index contributed by atoms with van der Waals surface area (Å²) in [4.78, 5) is 11.4. The van der Waals surface area contributed by atoms with Crippen molar-refractivity contribution in [1.29, 1.82) is 0 Å². The van der Waals surface area contributed by atoms with Gasteiger partial charge in [0, 0.05) is 5.33 Å². The van der Waals surface area contributed by atoms with Gasteiger partial charge in [0.2, 0.25) is 0 Å². The summed E-state index contributed by atoms with van der Waals surface area (Å²) >= 11 is 3.23. The Balaban J connectivity index is 2.91. The number of esters is 1. The van der Waals surface area contributed by atoms with Crippen molar-refractivity contribution in [2.24, 2.45) is 0 Å². The second-order valence-corrected chi connectivity index (χ2v) is 3.40. The van der Waals surface area contributed by atoms with E-state index in [9.17, 15) is 9.18 Å². The van der Waals surface area contributed by atoms with Gasteiger partial charge in [-0.15, -0.1) is 0 Å². The molecule has 1 aromatic rings. The largest absolute Gasteiger partial charge is 0.458 e. The monoisotopic (exact) mass is 272 g/mol. The Morgan fingerprint density at radius 2 is 2.33 bits per heavy atom. The van der Waals surface area contributed by atoms with Gasteiger partial charge in [0.25, 0.3) is 0 Å². The number of rotatable bonds is 4. The van der Waals surface area contributed by atoms with Crippen LogP contribution in [-0.2, 0) is 10.1 Å². The van der Waals surface area contributed by atoms with Crippen molar-refractivity contribution in [3.05, 3.63) is 47.8 Å². The molecule has 1 aromatic carbocycles. The van der Waals surface area contributed by atoms with Gasteiger partial charge in [-0.1, -0.05) is 34.7 Å². The highest BCUT2D eigenvalue weighted by Gasteiger charge is 2.12. The van der Waals surface area contributed by atoms with Gasteiger partial charge in [-0.25, -0.2) is 9.18 Å². The standard InChI is InChI=1S/C11H10BrFO2/c1-2-5-15-11(14)9-6-8(7-12)3-4-10(9)13/h2-4,6H,1,5,7H2. The lowest BCUT2D eigenvalue weighted by Crippen LogP contribution is -2.08. The van der Waals surface area contributed by atoms with Crippen molar-refractivity contribution in [2.75, 3.05) is 6.61 Å². The molecule has 0 spiro atoms. The second-order valence-electron chi connectivity index (χ2n) is 2.83. The summed E-state index contributed by atoms with van der Waals surface area (Å²) in [5.41, 5.74) is 0.774. The fraction of sp³-hybridized carbons (Fsp3) is 0.182. The van der Waals surface area contributed by atoms with Crippen LogP contribution in [0.4, 0.5) is 4.39 Å². The SMILES string of the molecule is C=CCOC(=O)c1cc(CBr)ccc1F. The molecule has 0 aromatic heterocycles. The maximum atomic E-state index is 13.2. The fourth-order valence-electron chi connectivity index (χ4n) is 1.02. The topological polar surface area (TPSA) is 26.3 Å². The van der Waals surface area contributed by atoms with E-state index in [1.165, 1.54) is 18.2 Å². The summed E-state index contributed by atoms with van der Waals surface area (Å²) in [5, 5.41) is 0.565. The molecule has 0 saturated carbocycles. The predicted octanol–water partition coefficient (Wildman–Crippen LogP) is 3.06. The van der Waals surface area contributed by atoms with Gasteiger partial charge in [-0.05, 0) is 17.7 Å². The molecule has 0 aliphatic rings. The molecule has 80 valence electrons. The van der Waals surface area contributed by atoms with E-state index < -0.39 is 11.8 Å². The van der Waals surface area contributed by atoms with E-state index in [1.807, 2.05) is 0 Å². The van der Waals surface area contributed by atoms with E-state index in [-0.39, 0.29) is 12.2 Å². The normalized spacial score (nSPS) is 9.73. The highest BCUT2D eigenvalue weighted by Crippen LogP contribution is 2.14. The Morgan fingerprint density at radius 1 is 1.60 bits per heavy atom. The third kappa shape index (κ3) is 3.16. The molecule has 0 saturated heterocycles. The zero-order valence-corrected chi connectivity index (χ0v) is 9.59. The maximum absolute atomic E-state index is 13.2. The lowest BCUT2D eigenvalue weighted by atomic mass is 10.1. The quantitative estimate of drug-likeness (QED) is 0.479. The van der Waals surface area contributed by atoms with E-state index in [0.717, 1.165) is 5.56 Å². The number of halogens is 2. The Hall–Kier alpha value is -1.16. The third-order valence-corrected chi connectivity index (χ3v) is 2.38. The van der Waals surface area contributed by atoms with Gasteiger partial charge in [0.1, 0.15) is 12.4 Å². The fourth-order valence-corrected chi connectivity index (χ4v) is 1.37. The average molecular weight is 273 g/mol. The zero-order chi connectivity index (χ0) is 11.3. The van der Waals surface area contributed by atoms with Crippen LogP contribution in [0.25, 0.3) is 0 Å². The molecule has 0 amide bonds. The average Bonchev–Trinajstić information content (AvgIpc) is 2.26. The molecule has 4 heteroatoms. The van der Waals surface area contributed by atoms with E-state index >= 15 is 0 Å². The number of benzene rings is 1. The Labute approximate surface area is 95.9 Å². The summed E-state index contributed by atoms with van der Waals surface area (Å²) in [5.74, 6) is -1.25. The number of hydrogen-bond acceptors (Lipinski definition) is 2. The van der Waals surface area contributed by atoms with Crippen molar-refractivity contribution in [3.8, 4) is 0 Å². The molecule has 1 rings (SSSR count). The van der Waals surface area contributed by atoms with Crippen LogP contribution in [0.1, 0.15) is 15.9 Å². The first-order valence-electron chi connectivity index (χ1n) is 4.31. The number of hydrogen-bond donors (Lipinski definition) is 0. The molecule has 0 atom stereocenters. The summed E-state index contributed by atoms with van der Waals surface area (Å²) in [6.07, 6.45) is 1.43. The molecule has 0 radical (unpaired) electrons. The molecule has 0 fully saturated rings. The molecule has 2 nitrogen and oxygen atoms in total. The lowest BCUT2D eigenvalue weighted by Gasteiger charge is -2.04. The second kappa shape index (κ2) is 5.66. The van der Waals surface area contributed by atoms with E-state index in [1.54, 1.807) is 6.07 Å². The highest BCUT2D eigenvalue weighted by molar-refractivity contribution is 9.08. The van der Waals surface area contributed by atoms with Crippen molar-refractivity contribution in [3.63, 3.8) is 0 Å². The van der Waals surface area contributed by atoms with Crippen molar-refractivity contribution < 1.29 is 13.9 Å². The predicted molar refractivity (Wildman–Crippen MR) is 59.5 cm³/mol. The summed E-state index contributed by atoms with van der Waals surface area (Å²) in [6.45, 7) is 3.48. The maximum Gasteiger partial charge on any atom is 0.341 e. The summed E-state index contributed by atoms with van der Waals surface area (Å²) in [6, 6.07) is 4.32. The van der Waals surface area contributed by atoms with Crippen LogP contribution in [-0.4, -0.2) is 12.6 Å². The van der Waals surface area contributed by atoms with Gasteiger partial charge < -0.3 is 4.74 Å².